The Morgan fingerprint density at radius 3 is 1.06 bits per heavy atom. The van der Waals surface area contributed by atoms with Gasteiger partial charge in [-0.3, -0.25) is 0 Å². The molecule has 0 atom stereocenters. The molecule has 0 saturated carbocycles. The van der Waals surface area contributed by atoms with Crippen LogP contribution in [-0.2, 0) is 12.8 Å². The van der Waals surface area contributed by atoms with Gasteiger partial charge in [0.2, 0.25) is 0 Å². The molecule has 2 aliphatic carbocycles. The first-order chi connectivity index (χ1) is 15.9. The monoisotopic (exact) mass is 410 g/mol. The molecule has 0 spiro atoms. The third-order valence-corrected chi connectivity index (χ3v) is 6.91. The standard InChI is InChI=1S/C32H26/c1-3-11-23(12-4-1)19-21-29-25-15-7-9-17-27(25)32-30(22-20-24-13-5-2-6-14-24)26-16-8-10-18-28(26)31(29)32/h1-18H,19-22H2. The van der Waals surface area contributed by atoms with E-state index in [0.717, 1.165) is 25.7 Å². The van der Waals surface area contributed by atoms with Gasteiger partial charge in [-0.05, 0) is 81.4 Å². The molecule has 0 aliphatic heterocycles. The van der Waals surface area contributed by atoms with Gasteiger partial charge in [0.1, 0.15) is 0 Å². The minimum absolute atomic E-state index is 1.07. The summed E-state index contributed by atoms with van der Waals surface area (Å²) in [6.45, 7) is 0. The van der Waals surface area contributed by atoms with Crippen molar-refractivity contribution in [3.8, 4) is 0 Å². The second-order valence-corrected chi connectivity index (χ2v) is 8.77. The Bertz CT molecular complexity index is 1230. The molecular weight excluding hydrogens is 384 g/mol. The average Bonchev–Trinajstić information content (AvgIpc) is 3.36. The highest BCUT2D eigenvalue weighted by atomic mass is 14.4. The number of fused-ring (bicyclic) bond motifs is 5. The summed E-state index contributed by atoms with van der Waals surface area (Å²) in [4.78, 5) is 0. The molecule has 0 heterocycles. The van der Waals surface area contributed by atoms with Gasteiger partial charge in [-0.2, -0.15) is 0 Å². The third kappa shape index (κ3) is 3.24. The van der Waals surface area contributed by atoms with E-state index in [2.05, 4.69) is 109 Å². The predicted octanol–water partition coefficient (Wildman–Crippen LogP) is 8.10. The molecule has 0 aromatic heterocycles. The van der Waals surface area contributed by atoms with Crippen molar-refractivity contribution in [2.45, 2.75) is 25.7 Å². The van der Waals surface area contributed by atoms with Gasteiger partial charge in [-0.25, -0.2) is 0 Å². The summed E-state index contributed by atoms with van der Waals surface area (Å²) < 4.78 is 0. The van der Waals surface area contributed by atoms with E-state index in [4.69, 9.17) is 0 Å². The van der Waals surface area contributed by atoms with E-state index in [1.807, 2.05) is 0 Å². The number of rotatable bonds is 6. The van der Waals surface area contributed by atoms with Crippen LogP contribution in [0.2, 0.25) is 0 Å². The van der Waals surface area contributed by atoms with Gasteiger partial charge in [-0.15, -0.1) is 0 Å². The van der Waals surface area contributed by atoms with Gasteiger partial charge in [0.05, 0.1) is 0 Å². The first-order valence-electron chi connectivity index (χ1n) is 11.6. The molecule has 32 heavy (non-hydrogen) atoms. The van der Waals surface area contributed by atoms with Crippen LogP contribution < -0.4 is 0 Å². The first kappa shape index (κ1) is 19.1. The van der Waals surface area contributed by atoms with Gasteiger partial charge < -0.3 is 0 Å². The lowest BCUT2D eigenvalue weighted by Gasteiger charge is -2.11. The maximum absolute atomic E-state index is 2.33. The van der Waals surface area contributed by atoms with Crippen molar-refractivity contribution in [3.05, 3.63) is 143 Å². The third-order valence-electron chi connectivity index (χ3n) is 6.91. The van der Waals surface area contributed by atoms with E-state index >= 15 is 0 Å². The molecule has 0 heteroatoms. The minimum atomic E-state index is 1.07. The van der Waals surface area contributed by atoms with Crippen LogP contribution in [0.1, 0.15) is 46.2 Å². The summed E-state index contributed by atoms with van der Waals surface area (Å²) in [6, 6.07) is 39.9. The van der Waals surface area contributed by atoms with Gasteiger partial charge in [0.25, 0.3) is 0 Å². The molecule has 4 aromatic carbocycles. The second-order valence-electron chi connectivity index (χ2n) is 8.77. The summed E-state index contributed by atoms with van der Waals surface area (Å²) in [6.07, 6.45) is 4.28. The fourth-order valence-electron chi connectivity index (χ4n) is 5.44. The Balaban J connectivity index is 1.46. The summed E-state index contributed by atoms with van der Waals surface area (Å²) in [5.74, 6) is 0. The highest BCUT2D eigenvalue weighted by Gasteiger charge is 2.35. The Morgan fingerprint density at radius 2 is 0.656 bits per heavy atom. The topological polar surface area (TPSA) is 0 Å². The van der Waals surface area contributed by atoms with Crippen LogP contribution in [0, 0.1) is 0 Å². The summed E-state index contributed by atoms with van der Waals surface area (Å²) in [5, 5.41) is 0. The second kappa shape index (κ2) is 8.13. The molecule has 0 nitrogen and oxygen atoms in total. The van der Waals surface area contributed by atoms with Crippen LogP contribution >= 0.6 is 0 Å². The largest absolute Gasteiger partial charge is 0.0622 e. The van der Waals surface area contributed by atoms with Gasteiger partial charge in [0.15, 0.2) is 0 Å². The Hall–Kier alpha value is -3.64. The van der Waals surface area contributed by atoms with Crippen molar-refractivity contribution < 1.29 is 0 Å². The Kier molecular flexibility index (Phi) is 4.85. The molecule has 0 saturated heterocycles. The van der Waals surface area contributed by atoms with Crippen LogP contribution in [0.5, 0.6) is 0 Å². The highest BCUT2D eigenvalue weighted by Crippen LogP contribution is 2.57. The molecule has 0 bridgehead atoms. The maximum Gasteiger partial charge on any atom is -0.00577 e. The molecule has 2 aliphatic rings. The average molecular weight is 411 g/mol. The van der Waals surface area contributed by atoms with Crippen molar-refractivity contribution in [1.82, 2.24) is 0 Å². The van der Waals surface area contributed by atoms with Crippen molar-refractivity contribution in [2.75, 3.05) is 0 Å². The zero-order chi connectivity index (χ0) is 21.3. The molecular formula is C32H26. The van der Waals surface area contributed by atoms with E-state index in [1.54, 1.807) is 0 Å². The maximum atomic E-state index is 2.33. The number of hydrogen-bond donors (Lipinski definition) is 0. The Labute approximate surface area is 190 Å². The van der Waals surface area contributed by atoms with Crippen LogP contribution in [0.4, 0.5) is 0 Å². The van der Waals surface area contributed by atoms with Crippen molar-refractivity contribution in [3.63, 3.8) is 0 Å². The van der Waals surface area contributed by atoms with E-state index in [-0.39, 0.29) is 0 Å². The van der Waals surface area contributed by atoms with Gasteiger partial charge in [0, 0.05) is 0 Å². The molecule has 0 unspecified atom stereocenters. The van der Waals surface area contributed by atoms with Crippen molar-refractivity contribution in [1.29, 1.82) is 0 Å². The zero-order valence-electron chi connectivity index (χ0n) is 18.2. The number of hydrogen-bond acceptors (Lipinski definition) is 0. The van der Waals surface area contributed by atoms with Gasteiger partial charge >= 0.3 is 0 Å². The lowest BCUT2D eigenvalue weighted by molar-refractivity contribution is 1.02. The van der Waals surface area contributed by atoms with Crippen LogP contribution in [0.25, 0.3) is 22.3 Å². The fraction of sp³-hybridized carbons (Fsp3) is 0.125. The quantitative estimate of drug-likeness (QED) is 0.301. The zero-order valence-corrected chi connectivity index (χ0v) is 18.2. The van der Waals surface area contributed by atoms with Gasteiger partial charge in [-0.1, -0.05) is 109 Å². The fourth-order valence-corrected chi connectivity index (χ4v) is 5.44. The molecule has 4 aromatic rings. The van der Waals surface area contributed by atoms with E-state index in [9.17, 15) is 0 Å². The number of benzene rings is 4. The first-order valence-corrected chi connectivity index (χ1v) is 11.6. The van der Waals surface area contributed by atoms with E-state index < -0.39 is 0 Å². The lowest BCUT2D eigenvalue weighted by Crippen LogP contribution is -1.93. The summed E-state index contributed by atoms with van der Waals surface area (Å²) in [7, 11) is 0. The molecule has 0 fully saturated rings. The molecule has 154 valence electrons. The Morgan fingerprint density at radius 1 is 0.312 bits per heavy atom. The van der Waals surface area contributed by atoms with E-state index in [0.29, 0.717) is 0 Å². The highest BCUT2D eigenvalue weighted by molar-refractivity contribution is 6.31. The normalized spacial score (nSPS) is 13.9. The minimum Gasteiger partial charge on any atom is -0.0622 e. The smallest absolute Gasteiger partial charge is 0.00577 e. The van der Waals surface area contributed by atoms with Crippen molar-refractivity contribution >= 4 is 22.3 Å². The van der Waals surface area contributed by atoms with E-state index in [1.165, 1.54) is 55.7 Å². The molecule has 0 amide bonds. The predicted molar refractivity (Wildman–Crippen MR) is 136 cm³/mol. The summed E-state index contributed by atoms with van der Waals surface area (Å²) in [5.41, 5.74) is 14.5. The lowest BCUT2D eigenvalue weighted by atomic mass is 9.93. The van der Waals surface area contributed by atoms with Crippen molar-refractivity contribution in [2.24, 2.45) is 0 Å². The van der Waals surface area contributed by atoms with Crippen LogP contribution in [-0.4, -0.2) is 0 Å². The summed E-state index contributed by atoms with van der Waals surface area (Å²) >= 11 is 0. The van der Waals surface area contributed by atoms with Crippen LogP contribution in [0.3, 0.4) is 0 Å². The number of allylic oxidation sites excluding steroid dienone is 4. The van der Waals surface area contributed by atoms with Crippen LogP contribution in [0.15, 0.2) is 109 Å². The SMILES string of the molecule is c1ccc(CCC2=C3C(=C(CCc4ccccc4)c4ccccc43)c3ccccc32)cc1. The molecule has 0 N–H and O–H groups in total. The molecule has 0 radical (unpaired) electrons. The molecule has 6 rings (SSSR count). The number of aryl methyl sites for hydroxylation is 2.